The van der Waals surface area contributed by atoms with Crippen LogP contribution < -0.4 is 66.1 Å². The Hall–Kier alpha value is -0.877. The van der Waals surface area contributed by atoms with E-state index in [1.165, 1.54) is 49.2 Å². The molecule has 0 aliphatic carbocycles. The van der Waals surface area contributed by atoms with Crippen LogP contribution in [-0.2, 0) is 29.1 Å². The molecule has 9 nitrogen and oxygen atoms in total. The Labute approximate surface area is 425 Å². The summed E-state index contributed by atoms with van der Waals surface area (Å²) < 4.78 is 27.0. The van der Waals surface area contributed by atoms with E-state index in [9.17, 15) is 4.39 Å². The van der Waals surface area contributed by atoms with Gasteiger partial charge in [0.2, 0.25) is 6.54 Å². The van der Waals surface area contributed by atoms with E-state index < -0.39 is 7.15 Å². The van der Waals surface area contributed by atoms with Gasteiger partial charge in [-0.05, 0) is 85.3 Å². The van der Waals surface area contributed by atoms with Crippen LogP contribution in [0.25, 0.3) is 4.85 Å². The van der Waals surface area contributed by atoms with Gasteiger partial charge in [0.1, 0.15) is 17.2 Å². The van der Waals surface area contributed by atoms with Crippen LogP contribution in [0.4, 0.5) is 4.39 Å². The van der Waals surface area contributed by atoms with Crippen molar-refractivity contribution in [3.05, 3.63) is 101 Å². The Kier molecular flexibility index (Phi) is 51.4. The van der Waals surface area contributed by atoms with E-state index in [2.05, 4.69) is 47.7 Å². The van der Waals surface area contributed by atoms with Crippen molar-refractivity contribution in [2.75, 3.05) is 31.0 Å². The van der Waals surface area contributed by atoms with Crippen molar-refractivity contribution in [1.82, 2.24) is 0 Å². The maximum Gasteiger partial charge on any atom is 1.00 e. The smallest absolute Gasteiger partial charge is 0.662 e. The fourth-order valence-electron chi connectivity index (χ4n) is 4.12. The van der Waals surface area contributed by atoms with Crippen LogP contribution in [0.3, 0.4) is 0 Å². The second-order valence-corrected chi connectivity index (χ2v) is 12.3. The van der Waals surface area contributed by atoms with Crippen LogP contribution in [0.2, 0.25) is 0 Å². The monoisotopic (exact) mass is 925 g/mol. The SMILES string of the molecule is BrCCCCCCCBr.N#CCc1ccc(O)cc1.O=CO[O-].[2H]CF.[C-]#[N+]Cc1ccc(OCCCCCCCOc2ccc(CC#N)cc2)cc1.[K+].[K]. The molecule has 1 N–H and O–H groups in total. The second kappa shape index (κ2) is 48.3. The molecule has 1 radical (unpaired) electrons. The summed E-state index contributed by atoms with van der Waals surface area (Å²) in [5.41, 5.74) is 2.98. The van der Waals surface area contributed by atoms with E-state index in [1.807, 2.05) is 54.6 Å². The molecule has 3 aromatic carbocycles. The number of ether oxygens (including phenoxy) is 2. The van der Waals surface area contributed by atoms with Gasteiger partial charge >= 0.3 is 51.4 Å². The minimum atomic E-state index is -1.00. The van der Waals surface area contributed by atoms with Gasteiger partial charge in [-0.3, -0.25) is 9.18 Å². The van der Waals surface area contributed by atoms with Crippen LogP contribution in [0, 0.1) is 29.2 Å². The van der Waals surface area contributed by atoms with Gasteiger partial charge in [0, 0.05) is 67.6 Å². The van der Waals surface area contributed by atoms with Crippen molar-refractivity contribution >= 4 is 89.7 Å². The van der Waals surface area contributed by atoms with Gasteiger partial charge < -0.3 is 29.6 Å². The van der Waals surface area contributed by atoms with E-state index in [4.69, 9.17) is 43.1 Å². The number of alkyl halides is 3. The molecule has 0 amide bonds. The molecule has 0 saturated carbocycles. The molecular formula is C40H51Br2FK2N3O6. The number of aromatic hydroxyl groups is 1. The first-order chi connectivity index (χ1) is 25.9. The quantitative estimate of drug-likeness (QED) is 0.0261. The molecule has 3 rings (SSSR count). The molecule has 3 aromatic rings. The zero-order valence-electron chi connectivity index (χ0n) is 32.7. The molecule has 0 bridgehead atoms. The minimum absolute atomic E-state index is 0. The molecule has 14 heteroatoms. The number of benzene rings is 3. The van der Waals surface area contributed by atoms with Gasteiger partial charge in [0.05, 0.1) is 46.7 Å². The Morgan fingerprint density at radius 2 is 1.09 bits per heavy atom. The third-order valence-electron chi connectivity index (χ3n) is 6.74. The van der Waals surface area contributed by atoms with Gasteiger partial charge in [0.25, 0.3) is 6.47 Å². The molecule has 285 valence electrons. The number of nitriles is 2. The number of phenols is 1. The third kappa shape index (κ3) is 39.4. The molecule has 0 aliphatic heterocycles. The first-order valence-electron chi connectivity index (χ1n) is 17.6. The fourth-order valence-corrected chi connectivity index (χ4v) is 4.91. The Bertz CT molecular complexity index is 1330. The number of phenolic OH excluding ortho intramolecular Hbond substituents is 1. The molecule has 54 heavy (non-hydrogen) atoms. The minimum Gasteiger partial charge on any atom is -0.662 e. The molecule has 0 atom stereocenters. The number of carbonyl (C=O) groups excluding carboxylic acids is 1. The summed E-state index contributed by atoms with van der Waals surface area (Å²) >= 11 is 6.82. The standard InChI is InChI=1S/C23H26N2O2.C8H7NO.C7H14Br2.CH3F.CH2O3.2K/c1-25-19-21-9-13-23(14-10-21)27-18-6-4-2-3-5-17-26-22-11-7-20(8-12-22)15-16-24;9-6-5-7-1-3-8(10)4-2-7;8-6-4-2-1-3-5-7-9;1-2;2-1-4-3;;/h7-14H,2-6,15,17-19H2;1-4,10H,5H2;1-7H2;1H3;1,3H;;/q;;;;;;+1/p-1/i;;;1D;;;. The average molecular weight is 928 g/mol. The van der Waals surface area contributed by atoms with E-state index in [1.54, 1.807) is 24.3 Å². The number of nitrogens with zero attached hydrogens (tertiary/aromatic N) is 3. The molecule has 0 spiro atoms. The average Bonchev–Trinajstić information content (AvgIpc) is 3.17. The number of hydrogen-bond acceptors (Lipinski definition) is 8. The largest absolute Gasteiger partial charge is 1.00 e. The molecule has 0 saturated heterocycles. The number of hydrogen-bond donors (Lipinski definition) is 1. The number of unbranched alkanes of at least 4 members (excludes halogenated alkanes) is 8. The Balaban J connectivity index is -0.000000381. The van der Waals surface area contributed by atoms with Crippen LogP contribution >= 0.6 is 31.9 Å². The number of halogens is 3. The Morgan fingerprint density at radius 1 is 0.759 bits per heavy atom. The topological polar surface area (TPSA) is 140 Å². The fraction of sp³-hybridized carbons (Fsp3) is 0.450. The zero-order valence-corrected chi connectivity index (χ0v) is 41.1. The third-order valence-corrected chi connectivity index (χ3v) is 7.87. The van der Waals surface area contributed by atoms with Crippen LogP contribution in [0.1, 0.15) is 82.3 Å². The number of carbonyl (C=O) groups is 1. The van der Waals surface area contributed by atoms with Crippen molar-refractivity contribution in [2.45, 2.75) is 83.6 Å². The summed E-state index contributed by atoms with van der Waals surface area (Å²) in [6, 6.07) is 26.3. The summed E-state index contributed by atoms with van der Waals surface area (Å²) in [5, 5.41) is 36.5. The Morgan fingerprint density at radius 3 is 1.43 bits per heavy atom. The molecule has 0 aromatic heterocycles. The summed E-state index contributed by atoms with van der Waals surface area (Å²) in [6.45, 7) is 8.56. The van der Waals surface area contributed by atoms with Crippen molar-refractivity contribution < 1.29 is 86.7 Å². The summed E-state index contributed by atoms with van der Waals surface area (Å²) in [6.07, 6.45) is 13.3. The molecule has 0 unspecified atom stereocenters. The van der Waals surface area contributed by atoms with E-state index in [0.717, 1.165) is 67.1 Å². The first-order valence-corrected chi connectivity index (χ1v) is 19.1. The summed E-state index contributed by atoms with van der Waals surface area (Å²) in [7, 11) is -1.00. The second-order valence-electron chi connectivity index (χ2n) is 10.7. The van der Waals surface area contributed by atoms with Gasteiger partial charge in [-0.25, -0.2) is 6.57 Å². The van der Waals surface area contributed by atoms with Gasteiger partial charge in [-0.15, -0.1) is 0 Å². The summed E-state index contributed by atoms with van der Waals surface area (Å²) in [4.78, 5) is 14.6. The van der Waals surface area contributed by atoms with Crippen molar-refractivity contribution in [3.63, 3.8) is 0 Å². The zero-order chi connectivity index (χ0) is 39.6. The van der Waals surface area contributed by atoms with Crippen molar-refractivity contribution in [3.8, 4) is 29.4 Å². The predicted molar refractivity (Wildman–Crippen MR) is 215 cm³/mol. The maximum absolute atomic E-state index is 9.96. The van der Waals surface area contributed by atoms with E-state index >= 15 is 0 Å². The van der Waals surface area contributed by atoms with E-state index in [-0.39, 0.29) is 115 Å². The molecule has 0 heterocycles. The normalized spacial score (nSPS) is 9.02. The molecular weight excluding hydrogens is 875 g/mol. The van der Waals surface area contributed by atoms with Crippen LogP contribution in [0.5, 0.6) is 17.2 Å². The molecule has 0 fully saturated rings. The van der Waals surface area contributed by atoms with Crippen LogP contribution in [-0.4, -0.2) is 94.0 Å². The van der Waals surface area contributed by atoms with Gasteiger partial charge in [-0.2, -0.15) is 10.5 Å². The molecule has 0 aliphatic rings. The van der Waals surface area contributed by atoms with Crippen molar-refractivity contribution in [2.24, 2.45) is 0 Å². The van der Waals surface area contributed by atoms with Crippen LogP contribution in [0.15, 0.2) is 72.8 Å². The first kappa shape index (κ1) is 57.4. The predicted octanol–water partition coefficient (Wildman–Crippen LogP) is 6.41. The number of rotatable bonds is 20. The van der Waals surface area contributed by atoms with E-state index in [0.29, 0.717) is 19.4 Å². The maximum atomic E-state index is 9.96. The van der Waals surface area contributed by atoms with Crippen molar-refractivity contribution in [1.29, 1.82) is 10.5 Å². The van der Waals surface area contributed by atoms with Gasteiger partial charge in [0.15, 0.2) is 0 Å². The van der Waals surface area contributed by atoms with Gasteiger partial charge in [-0.1, -0.05) is 94.7 Å². The summed E-state index contributed by atoms with van der Waals surface area (Å²) in [5.74, 6) is 1.98.